The number of alkyl halides is 2. The lowest BCUT2D eigenvalue weighted by atomic mass is 9.68. The molecular formula is C10H16F2O. The van der Waals surface area contributed by atoms with Crippen LogP contribution in [0.3, 0.4) is 0 Å². The van der Waals surface area contributed by atoms with Crippen LogP contribution in [0.25, 0.3) is 0 Å². The zero-order valence-electron chi connectivity index (χ0n) is 7.63. The number of fused-ring (bicyclic) bond motifs is 1. The molecule has 1 nitrogen and oxygen atoms in total. The molecule has 13 heavy (non-hydrogen) atoms. The van der Waals surface area contributed by atoms with Crippen molar-refractivity contribution in [2.24, 2.45) is 11.8 Å². The number of halogens is 2. The minimum absolute atomic E-state index is 0.215. The predicted octanol–water partition coefficient (Wildman–Crippen LogP) is 2.23. The van der Waals surface area contributed by atoms with E-state index in [2.05, 4.69) is 0 Å². The van der Waals surface area contributed by atoms with E-state index in [0.29, 0.717) is 18.8 Å². The van der Waals surface area contributed by atoms with E-state index >= 15 is 0 Å². The zero-order chi connectivity index (χ0) is 9.42. The quantitative estimate of drug-likeness (QED) is 0.621. The fourth-order valence-electron chi connectivity index (χ4n) is 2.79. The molecule has 0 spiro atoms. The molecule has 0 aromatic carbocycles. The molecule has 2 rings (SSSR count). The molecule has 2 saturated carbocycles. The van der Waals surface area contributed by atoms with Crippen LogP contribution in [-0.2, 0) is 0 Å². The molecule has 0 radical (unpaired) electrons. The van der Waals surface area contributed by atoms with Gasteiger partial charge in [0.1, 0.15) is 12.3 Å². The fourth-order valence-corrected chi connectivity index (χ4v) is 2.79. The summed E-state index contributed by atoms with van der Waals surface area (Å²) in [5, 5.41) is 9.36. The van der Waals surface area contributed by atoms with Crippen LogP contribution in [0.1, 0.15) is 32.1 Å². The Morgan fingerprint density at radius 2 is 1.69 bits per heavy atom. The van der Waals surface area contributed by atoms with Gasteiger partial charge in [-0.05, 0) is 43.9 Å². The first-order valence-electron chi connectivity index (χ1n) is 5.14. The average molecular weight is 190 g/mol. The molecular weight excluding hydrogens is 174 g/mol. The molecule has 76 valence electrons. The van der Waals surface area contributed by atoms with Crippen LogP contribution < -0.4 is 0 Å². The van der Waals surface area contributed by atoms with E-state index < -0.39 is 18.4 Å². The number of rotatable bonds is 0. The van der Waals surface area contributed by atoms with Gasteiger partial charge in [-0.1, -0.05) is 0 Å². The number of hydrogen-bond acceptors (Lipinski definition) is 1. The lowest BCUT2D eigenvalue weighted by Gasteiger charge is -2.40. The normalized spacial score (nSPS) is 51.5. The predicted molar refractivity (Wildman–Crippen MR) is 45.9 cm³/mol. The minimum Gasteiger partial charge on any atom is -0.393 e. The van der Waals surface area contributed by atoms with Gasteiger partial charge in [-0.3, -0.25) is 0 Å². The summed E-state index contributed by atoms with van der Waals surface area (Å²) in [6.07, 6.45) is 0.276. The van der Waals surface area contributed by atoms with E-state index in [1.807, 2.05) is 0 Å². The second-order valence-corrected chi connectivity index (χ2v) is 4.43. The van der Waals surface area contributed by atoms with E-state index in [9.17, 15) is 13.9 Å². The molecule has 0 aromatic heterocycles. The zero-order valence-corrected chi connectivity index (χ0v) is 7.63. The Labute approximate surface area is 77.1 Å². The second kappa shape index (κ2) is 3.52. The number of aliphatic hydroxyl groups is 1. The van der Waals surface area contributed by atoms with Crippen LogP contribution in [0, 0.1) is 11.8 Å². The third-order valence-electron chi connectivity index (χ3n) is 3.59. The fraction of sp³-hybridized carbons (Fsp3) is 1.00. The molecule has 2 aliphatic carbocycles. The monoisotopic (exact) mass is 190 g/mol. The highest BCUT2D eigenvalue weighted by atomic mass is 19.2. The summed E-state index contributed by atoms with van der Waals surface area (Å²) < 4.78 is 26.4. The lowest BCUT2D eigenvalue weighted by Crippen LogP contribution is -2.42. The van der Waals surface area contributed by atoms with Gasteiger partial charge >= 0.3 is 0 Å². The van der Waals surface area contributed by atoms with Crippen LogP contribution in [0.2, 0.25) is 0 Å². The van der Waals surface area contributed by atoms with E-state index in [1.54, 1.807) is 0 Å². The van der Waals surface area contributed by atoms with Gasteiger partial charge in [0.2, 0.25) is 0 Å². The van der Waals surface area contributed by atoms with Gasteiger partial charge in [0.15, 0.2) is 0 Å². The maximum atomic E-state index is 13.4. The highest BCUT2D eigenvalue weighted by Crippen LogP contribution is 2.42. The summed E-state index contributed by atoms with van der Waals surface area (Å²) in [4.78, 5) is 0. The molecule has 0 aliphatic heterocycles. The molecule has 5 unspecified atom stereocenters. The Hall–Kier alpha value is -0.180. The first-order valence-corrected chi connectivity index (χ1v) is 5.14. The lowest BCUT2D eigenvalue weighted by molar-refractivity contribution is -0.0307. The van der Waals surface area contributed by atoms with Gasteiger partial charge < -0.3 is 5.11 Å². The third-order valence-corrected chi connectivity index (χ3v) is 3.59. The smallest absolute Gasteiger partial charge is 0.134 e. The first kappa shape index (κ1) is 9.38. The number of hydrogen-bond donors (Lipinski definition) is 1. The summed E-state index contributed by atoms with van der Waals surface area (Å²) in [5.74, 6) is 0.109. The van der Waals surface area contributed by atoms with E-state index in [4.69, 9.17) is 0 Å². The van der Waals surface area contributed by atoms with Crippen LogP contribution in [0.4, 0.5) is 8.78 Å². The molecule has 0 amide bonds. The molecule has 3 heteroatoms. The molecule has 2 fully saturated rings. The van der Waals surface area contributed by atoms with Gasteiger partial charge in [-0.25, -0.2) is 8.78 Å². The first-order chi connectivity index (χ1) is 6.18. The number of aliphatic hydroxyl groups excluding tert-OH is 1. The summed E-state index contributed by atoms with van der Waals surface area (Å²) in [6, 6.07) is 0. The molecule has 1 N–H and O–H groups in total. The van der Waals surface area contributed by atoms with Gasteiger partial charge in [0, 0.05) is 0 Å². The SMILES string of the molecule is OC1CCC2CCC(F)C(F)C2C1. The Morgan fingerprint density at radius 1 is 1.00 bits per heavy atom. The third kappa shape index (κ3) is 1.71. The van der Waals surface area contributed by atoms with E-state index in [1.165, 1.54) is 0 Å². The Kier molecular flexibility index (Phi) is 2.54. The van der Waals surface area contributed by atoms with Crippen LogP contribution in [0.5, 0.6) is 0 Å². The van der Waals surface area contributed by atoms with E-state index in [-0.39, 0.29) is 5.92 Å². The van der Waals surface area contributed by atoms with Crippen molar-refractivity contribution in [3.8, 4) is 0 Å². The summed E-state index contributed by atoms with van der Waals surface area (Å²) >= 11 is 0. The van der Waals surface area contributed by atoms with Crippen molar-refractivity contribution in [2.45, 2.75) is 50.6 Å². The van der Waals surface area contributed by atoms with Crippen LogP contribution >= 0.6 is 0 Å². The van der Waals surface area contributed by atoms with Crippen molar-refractivity contribution in [2.75, 3.05) is 0 Å². The Balaban J connectivity index is 2.04. The van der Waals surface area contributed by atoms with Gasteiger partial charge in [0.25, 0.3) is 0 Å². The molecule has 0 aromatic rings. The van der Waals surface area contributed by atoms with E-state index in [0.717, 1.165) is 19.3 Å². The van der Waals surface area contributed by atoms with Crippen molar-refractivity contribution >= 4 is 0 Å². The van der Waals surface area contributed by atoms with Crippen molar-refractivity contribution < 1.29 is 13.9 Å². The van der Waals surface area contributed by atoms with Crippen molar-refractivity contribution in [3.63, 3.8) is 0 Å². The highest BCUT2D eigenvalue weighted by Gasteiger charge is 2.42. The molecule has 5 atom stereocenters. The van der Waals surface area contributed by atoms with Crippen LogP contribution in [0.15, 0.2) is 0 Å². The summed E-state index contributed by atoms with van der Waals surface area (Å²) in [5.41, 5.74) is 0. The van der Waals surface area contributed by atoms with Gasteiger partial charge in [0.05, 0.1) is 6.10 Å². The molecule has 0 heterocycles. The molecule has 2 aliphatic rings. The summed E-state index contributed by atoms with van der Waals surface area (Å²) in [7, 11) is 0. The highest BCUT2D eigenvalue weighted by molar-refractivity contribution is 4.92. The Morgan fingerprint density at radius 3 is 2.46 bits per heavy atom. The maximum Gasteiger partial charge on any atom is 0.134 e. The van der Waals surface area contributed by atoms with Crippen molar-refractivity contribution in [1.29, 1.82) is 0 Å². The Bertz CT molecular complexity index is 182. The van der Waals surface area contributed by atoms with Crippen molar-refractivity contribution in [3.05, 3.63) is 0 Å². The summed E-state index contributed by atoms with van der Waals surface area (Å²) in [6.45, 7) is 0. The topological polar surface area (TPSA) is 20.2 Å². The van der Waals surface area contributed by atoms with Gasteiger partial charge in [-0.2, -0.15) is 0 Å². The largest absolute Gasteiger partial charge is 0.393 e. The molecule has 0 saturated heterocycles. The average Bonchev–Trinajstić information content (AvgIpc) is 2.12. The standard InChI is InChI=1S/C10H16F2O/c11-9-4-2-6-1-3-7(13)5-8(6)10(9)12/h6-10,13H,1-5H2. The maximum absolute atomic E-state index is 13.4. The molecule has 0 bridgehead atoms. The van der Waals surface area contributed by atoms with Crippen LogP contribution in [-0.4, -0.2) is 23.6 Å². The van der Waals surface area contributed by atoms with Crippen molar-refractivity contribution in [1.82, 2.24) is 0 Å². The second-order valence-electron chi connectivity index (χ2n) is 4.43. The minimum atomic E-state index is -1.33. The van der Waals surface area contributed by atoms with Gasteiger partial charge in [-0.15, -0.1) is 0 Å².